The molecule has 0 heterocycles. The van der Waals surface area contributed by atoms with E-state index in [1.54, 1.807) is 19.1 Å². The van der Waals surface area contributed by atoms with Gasteiger partial charge >= 0.3 is 0 Å². The van der Waals surface area contributed by atoms with Gasteiger partial charge in [0.05, 0.1) is 6.04 Å². The van der Waals surface area contributed by atoms with E-state index in [1.807, 2.05) is 18.2 Å². The number of rotatable bonds is 2. The summed E-state index contributed by atoms with van der Waals surface area (Å²) in [5.74, 6) is -0.560. The number of aryl methyl sites for hydroxylation is 2. The molecule has 2 aromatic rings. The Morgan fingerprint density at radius 1 is 1.25 bits per heavy atom. The average Bonchev–Trinajstić information content (AvgIpc) is 2.85. The zero-order chi connectivity index (χ0) is 14.1. The number of hydrogen-bond donors (Lipinski definition) is 1. The number of benzene rings is 2. The summed E-state index contributed by atoms with van der Waals surface area (Å²) in [4.78, 5) is 12.2. The molecule has 3 heteroatoms. The van der Waals surface area contributed by atoms with E-state index in [0.29, 0.717) is 11.1 Å². The monoisotopic (exact) mass is 269 g/mol. The van der Waals surface area contributed by atoms with Crippen LogP contribution in [0.2, 0.25) is 0 Å². The average molecular weight is 269 g/mol. The summed E-state index contributed by atoms with van der Waals surface area (Å²) in [5, 5.41) is 2.99. The Balaban J connectivity index is 1.79. The number of carbonyl (C=O) groups excluding carboxylic acids is 1. The van der Waals surface area contributed by atoms with Gasteiger partial charge in [-0.15, -0.1) is 0 Å². The van der Waals surface area contributed by atoms with Crippen LogP contribution in [0.1, 0.15) is 39.5 Å². The Morgan fingerprint density at radius 3 is 2.85 bits per heavy atom. The highest BCUT2D eigenvalue weighted by Gasteiger charge is 2.23. The van der Waals surface area contributed by atoms with Gasteiger partial charge in [-0.25, -0.2) is 4.39 Å². The molecule has 0 spiro atoms. The van der Waals surface area contributed by atoms with Crippen molar-refractivity contribution < 1.29 is 9.18 Å². The van der Waals surface area contributed by atoms with Crippen molar-refractivity contribution in [3.63, 3.8) is 0 Å². The molecule has 20 heavy (non-hydrogen) atoms. The van der Waals surface area contributed by atoms with Gasteiger partial charge in [-0.2, -0.15) is 0 Å². The van der Waals surface area contributed by atoms with E-state index in [2.05, 4.69) is 11.4 Å². The van der Waals surface area contributed by atoms with Crippen molar-refractivity contribution in [2.24, 2.45) is 0 Å². The van der Waals surface area contributed by atoms with Gasteiger partial charge in [0.15, 0.2) is 0 Å². The van der Waals surface area contributed by atoms with Gasteiger partial charge in [-0.1, -0.05) is 30.3 Å². The highest BCUT2D eigenvalue weighted by atomic mass is 19.1. The molecule has 1 atom stereocenters. The number of carbonyl (C=O) groups is 1. The van der Waals surface area contributed by atoms with Crippen molar-refractivity contribution in [1.29, 1.82) is 0 Å². The standard InChI is InChI=1S/C17H16FNO/c1-11-6-7-13(10-15(11)18)17(20)19-16-9-8-12-4-2-3-5-14(12)16/h2-7,10,16H,8-9H2,1H3,(H,19,20). The maximum atomic E-state index is 13.5. The Kier molecular flexibility index (Phi) is 3.26. The second-order valence-corrected chi connectivity index (χ2v) is 5.23. The number of amides is 1. The zero-order valence-corrected chi connectivity index (χ0v) is 11.3. The van der Waals surface area contributed by atoms with Gasteiger partial charge in [0, 0.05) is 5.56 Å². The third kappa shape index (κ3) is 2.31. The molecule has 1 amide bonds. The van der Waals surface area contributed by atoms with Crippen LogP contribution in [-0.2, 0) is 6.42 Å². The van der Waals surface area contributed by atoms with E-state index in [9.17, 15) is 9.18 Å². The van der Waals surface area contributed by atoms with Crippen molar-refractivity contribution in [1.82, 2.24) is 5.32 Å². The summed E-state index contributed by atoms with van der Waals surface area (Å²) in [6, 6.07) is 12.7. The van der Waals surface area contributed by atoms with Gasteiger partial charge in [-0.05, 0) is 48.6 Å². The molecule has 1 aliphatic rings. The fraction of sp³-hybridized carbons (Fsp3) is 0.235. The van der Waals surface area contributed by atoms with Gasteiger partial charge in [0.1, 0.15) is 5.82 Å². The Labute approximate surface area is 117 Å². The van der Waals surface area contributed by atoms with Gasteiger partial charge in [0.2, 0.25) is 0 Å². The van der Waals surface area contributed by atoms with Crippen molar-refractivity contribution >= 4 is 5.91 Å². The quantitative estimate of drug-likeness (QED) is 0.887. The van der Waals surface area contributed by atoms with Crippen LogP contribution < -0.4 is 5.32 Å². The maximum Gasteiger partial charge on any atom is 0.251 e. The Hall–Kier alpha value is -2.16. The Bertz CT molecular complexity index is 666. The van der Waals surface area contributed by atoms with Crippen molar-refractivity contribution in [2.45, 2.75) is 25.8 Å². The normalized spacial score (nSPS) is 16.8. The summed E-state index contributed by atoms with van der Waals surface area (Å²) in [6.07, 6.45) is 1.88. The molecule has 0 radical (unpaired) electrons. The lowest BCUT2D eigenvalue weighted by Crippen LogP contribution is -2.27. The fourth-order valence-corrected chi connectivity index (χ4v) is 2.68. The molecule has 1 N–H and O–H groups in total. The van der Waals surface area contributed by atoms with Crippen LogP contribution in [0.25, 0.3) is 0 Å². The summed E-state index contributed by atoms with van der Waals surface area (Å²) in [6.45, 7) is 1.68. The largest absolute Gasteiger partial charge is 0.345 e. The van der Waals surface area contributed by atoms with Gasteiger partial charge < -0.3 is 5.32 Å². The van der Waals surface area contributed by atoms with E-state index < -0.39 is 0 Å². The minimum absolute atomic E-state index is 0.0306. The minimum atomic E-state index is -0.343. The van der Waals surface area contributed by atoms with Crippen LogP contribution in [0, 0.1) is 12.7 Å². The van der Waals surface area contributed by atoms with E-state index in [-0.39, 0.29) is 17.8 Å². The number of halogens is 1. The second-order valence-electron chi connectivity index (χ2n) is 5.23. The maximum absolute atomic E-state index is 13.5. The smallest absolute Gasteiger partial charge is 0.251 e. The zero-order valence-electron chi connectivity index (χ0n) is 11.3. The number of hydrogen-bond acceptors (Lipinski definition) is 1. The van der Waals surface area contributed by atoms with Crippen molar-refractivity contribution in [3.05, 3.63) is 70.5 Å². The molecular weight excluding hydrogens is 253 g/mol. The molecule has 2 aromatic carbocycles. The van der Waals surface area contributed by atoms with E-state index in [4.69, 9.17) is 0 Å². The van der Waals surface area contributed by atoms with Crippen LogP contribution in [0.3, 0.4) is 0 Å². The van der Waals surface area contributed by atoms with Gasteiger partial charge in [-0.3, -0.25) is 4.79 Å². The Morgan fingerprint density at radius 2 is 2.05 bits per heavy atom. The highest BCUT2D eigenvalue weighted by Crippen LogP contribution is 2.30. The summed E-state index contributed by atoms with van der Waals surface area (Å²) in [5.41, 5.74) is 3.38. The minimum Gasteiger partial charge on any atom is -0.345 e. The molecule has 3 rings (SSSR count). The summed E-state index contributed by atoms with van der Waals surface area (Å²) in [7, 11) is 0. The molecule has 1 unspecified atom stereocenters. The predicted molar refractivity (Wildman–Crippen MR) is 76.1 cm³/mol. The third-order valence-electron chi connectivity index (χ3n) is 3.87. The molecule has 2 nitrogen and oxygen atoms in total. The molecule has 0 saturated heterocycles. The van der Waals surface area contributed by atoms with E-state index in [0.717, 1.165) is 12.8 Å². The molecule has 0 bridgehead atoms. The lowest BCUT2D eigenvalue weighted by atomic mass is 10.1. The molecule has 0 saturated carbocycles. The molecule has 1 aliphatic carbocycles. The lowest BCUT2D eigenvalue weighted by Gasteiger charge is -2.14. The fourth-order valence-electron chi connectivity index (χ4n) is 2.68. The van der Waals surface area contributed by atoms with Crippen LogP contribution >= 0.6 is 0 Å². The summed E-state index contributed by atoms with van der Waals surface area (Å²) >= 11 is 0. The number of nitrogens with one attached hydrogen (secondary N) is 1. The van der Waals surface area contributed by atoms with E-state index >= 15 is 0 Å². The first-order chi connectivity index (χ1) is 9.65. The van der Waals surface area contributed by atoms with Crippen LogP contribution in [-0.4, -0.2) is 5.91 Å². The SMILES string of the molecule is Cc1ccc(C(=O)NC2CCc3ccccc32)cc1F. The summed E-state index contributed by atoms with van der Waals surface area (Å²) < 4.78 is 13.5. The van der Waals surface area contributed by atoms with Crippen molar-refractivity contribution in [2.75, 3.05) is 0 Å². The van der Waals surface area contributed by atoms with Crippen LogP contribution in [0.4, 0.5) is 4.39 Å². The third-order valence-corrected chi connectivity index (χ3v) is 3.87. The molecular formula is C17H16FNO. The van der Waals surface area contributed by atoms with Crippen molar-refractivity contribution in [3.8, 4) is 0 Å². The lowest BCUT2D eigenvalue weighted by molar-refractivity contribution is 0.0936. The van der Waals surface area contributed by atoms with Gasteiger partial charge in [0.25, 0.3) is 5.91 Å². The highest BCUT2D eigenvalue weighted by molar-refractivity contribution is 5.94. The molecule has 102 valence electrons. The first-order valence-corrected chi connectivity index (χ1v) is 6.80. The number of fused-ring (bicyclic) bond motifs is 1. The van der Waals surface area contributed by atoms with Crippen LogP contribution in [0.5, 0.6) is 0 Å². The van der Waals surface area contributed by atoms with Crippen LogP contribution in [0.15, 0.2) is 42.5 Å². The van der Waals surface area contributed by atoms with E-state index in [1.165, 1.54) is 17.2 Å². The second kappa shape index (κ2) is 5.08. The first kappa shape index (κ1) is 12.9. The predicted octanol–water partition coefficient (Wildman–Crippen LogP) is 3.55. The molecule has 0 fully saturated rings. The first-order valence-electron chi connectivity index (χ1n) is 6.80. The molecule has 0 aromatic heterocycles. The topological polar surface area (TPSA) is 29.1 Å². The molecule has 0 aliphatic heterocycles.